The molecule has 0 aliphatic heterocycles. The standard InChI is InChI=1S/C16H16F2O4S/c1-22-12-5-2-4-11(8-12)16(19)10-23(20,21)9-13-14(17)6-3-7-15(13)18/h2-8,16,19H,9-10H2,1H3. The number of rotatable bonds is 6. The van der Waals surface area contributed by atoms with Crippen molar-refractivity contribution < 1.29 is 27.0 Å². The first-order valence-electron chi connectivity index (χ1n) is 6.78. The average Bonchev–Trinajstić information content (AvgIpc) is 2.51. The highest BCUT2D eigenvalue weighted by molar-refractivity contribution is 7.90. The van der Waals surface area contributed by atoms with E-state index in [9.17, 15) is 22.3 Å². The minimum atomic E-state index is -3.92. The molecule has 2 aromatic rings. The first kappa shape index (κ1) is 17.4. The third-order valence-corrected chi connectivity index (χ3v) is 4.87. The van der Waals surface area contributed by atoms with E-state index in [1.54, 1.807) is 18.2 Å². The fourth-order valence-electron chi connectivity index (χ4n) is 2.13. The molecule has 0 saturated heterocycles. The molecule has 0 saturated carbocycles. The molecule has 0 fully saturated rings. The van der Waals surface area contributed by atoms with Crippen LogP contribution in [0.15, 0.2) is 42.5 Å². The molecule has 124 valence electrons. The van der Waals surface area contributed by atoms with E-state index < -0.39 is 44.6 Å². The van der Waals surface area contributed by atoms with Crippen LogP contribution in [0.25, 0.3) is 0 Å². The number of methoxy groups -OCH3 is 1. The van der Waals surface area contributed by atoms with E-state index in [-0.39, 0.29) is 0 Å². The molecule has 23 heavy (non-hydrogen) atoms. The van der Waals surface area contributed by atoms with Crippen molar-refractivity contribution in [2.75, 3.05) is 12.9 Å². The third-order valence-electron chi connectivity index (χ3n) is 3.32. The largest absolute Gasteiger partial charge is 0.497 e. The maximum atomic E-state index is 13.6. The van der Waals surface area contributed by atoms with Gasteiger partial charge in [0.2, 0.25) is 0 Å². The summed E-state index contributed by atoms with van der Waals surface area (Å²) < 4.78 is 56.4. The second kappa shape index (κ2) is 7.06. The van der Waals surface area contributed by atoms with Crippen LogP contribution in [0, 0.1) is 11.6 Å². The molecule has 0 aliphatic carbocycles. The maximum absolute atomic E-state index is 13.6. The molecule has 0 radical (unpaired) electrons. The van der Waals surface area contributed by atoms with Gasteiger partial charge in [-0.25, -0.2) is 17.2 Å². The molecule has 0 aliphatic rings. The lowest BCUT2D eigenvalue weighted by atomic mass is 10.1. The maximum Gasteiger partial charge on any atom is 0.157 e. The molecular formula is C16H16F2O4S. The van der Waals surface area contributed by atoms with Crippen molar-refractivity contribution in [2.45, 2.75) is 11.9 Å². The molecular weight excluding hydrogens is 326 g/mol. The quantitative estimate of drug-likeness (QED) is 0.876. The van der Waals surface area contributed by atoms with Crippen LogP contribution in [0.4, 0.5) is 8.78 Å². The van der Waals surface area contributed by atoms with Crippen molar-refractivity contribution in [1.82, 2.24) is 0 Å². The predicted molar refractivity (Wildman–Crippen MR) is 81.8 cm³/mol. The minimum Gasteiger partial charge on any atom is -0.497 e. The fraction of sp³-hybridized carbons (Fsp3) is 0.250. The number of aliphatic hydroxyl groups excluding tert-OH is 1. The van der Waals surface area contributed by atoms with Gasteiger partial charge in [0.05, 0.1) is 24.7 Å². The Bertz CT molecular complexity index is 770. The predicted octanol–water partition coefficient (Wildman–Crippen LogP) is 2.62. The van der Waals surface area contributed by atoms with Crippen LogP contribution in [-0.4, -0.2) is 26.4 Å². The Kier molecular flexibility index (Phi) is 5.33. The summed E-state index contributed by atoms with van der Waals surface area (Å²) in [6.07, 6.45) is -1.31. The lowest BCUT2D eigenvalue weighted by molar-refractivity contribution is 0.201. The van der Waals surface area contributed by atoms with Gasteiger partial charge >= 0.3 is 0 Å². The molecule has 0 aromatic heterocycles. The zero-order valence-electron chi connectivity index (χ0n) is 12.4. The lowest BCUT2D eigenvalue weighted by Crippen LogP contribution is -2.17. The molecule has 0 heterocycles. The van der Waals surface area contributed by atoms with Crippen molar-refractivity contribution in [3.63, 3.8) is 0 Å². The third kappa shape index (κ3) is 4.49. The van der Waals surface area contributed by atoms with Gasteiger partial charge in [0.25, 0.3) is 0 Å². The molecule has 0 amide bonds. The van der Waals surface area contributed by atoms with E-state index in [4.69, 9.17) is 4.74 Å². The highest BCUT2D eigenvalue weighted by Crippen LogP contribution is 2.23. The van der Waals surface area contributed by atoms with Gasteiger partial charge in [-0.3, -0.25) is 0 Å². The Morgan fingerprint density at radius 3 is 2.35 bits per heavy atom. The molecule has 1 unspecified atom stereocenters. The van der Waals surface area contributed by atoms with Crippen LogP contribution < -0.4 is 4.74 Å². The number of benzene rings is 2. The number of hydrogen-bond acceptors (Lipinski definition) is 4. The SMILES string of the molecule is COc1cccc(C(O)CS(=O)(=O)Cc2c(F)cccc2F)c1. The van der Waals surface area contributed by atoms with E-state index in [0.29, 0.717) is 11.3 Å². The summed E-state index contributed by atoms with van der Waals surface area (Å²) in [4.78, 5) is 0. The zero-order valence-corrected chi connectivity index (χ0v) is 13.2. The molecule has 1 N–H and O–H groups in total. The average molecular weight is 342 g/mol. The topological polar surface area (TPSA) is 63.6 Å². The summed E-state index contributed by atoms with van der Waals surface area (Å²) in [6.45, 7) is 0. The summed E-state index contributed by atoms with van der Waals surface area (Å²) in [7, 11) is -2.47. The highest BCUT2D eigenvalue weighted by atomic mass is 32.2. The lowest BCUT2D eigenvalue weighted by Gasteiger charge is -2.13. The highest BCUT2D eigenvalue weighted by Gasteiger charge is 2.23. The number of ether oxygens (including phenoxy) is 1. The number of hydrogen-bond donors (Lipinski definition) is 1. The van der Waals surface area contributed by atoms with Crippen molar-refractivity contribution in [1.29, 1.82) is 0 Å². The Hall–Kier alpha value is -1.99. The van der Waals surface area contributed by atoms with Gasteiger partial charge in [-0.1, -0.05) is 18.2 Å². The summed E-state index contributed by atoms with van der Waals surface area (Å²) >= 11 is 0. The van der Waals surface area contributed by atoms with E-state index >= 15 is 0 Å². The van der Waals surface area contributed by atoms with Crippen LogP contribution in [0.3, 0.4) is 0 Å². The molecule has 7 heteroatoms. The zero-order chi connectivity index (χ0) is 17.0. The van der Waals surface area contributed by atoms with Crippen molar-refractivity contribution in [3.8, 4) is 5.75 Å². The van der Waals surface area contributed by atoms with Crippen LogP contribution >= 0.6 is 0 Å². The number of aliphatic hydroxyl groups is 1. The summed E-state index contributed by atoms with van der Waals surface area (Å²) in [6, 6.07) is 9.46. The number of sulfone groups is 1. The van der Waals surface area contributed by atoms with E-state index in [1.807, 2.05) is 0 Å². The van der Waals surface area contributed by atoms with Gasteiger partial charge in [0.1, 0.15) is 17.4 Å². The molecule has 4 nitrogen and oxygen atoms in total. The Morgan fingerprint density at radius 2 is 1.74 bits per heavy atom. The van der Waals surface area contributed by atoms with Crippen molar-refractivity contribution >= 4 is 9.84 Å². The Morgan fingerprint density at radius 1 is 1.13 bits per heavy atom. The van der Waals surface area contributed by atoms with Crippen LogP contribution in [0.1, 0.15) is 17.2 Å². The van der Waals surface area contributed by atoms with E-state index in [0.717, 1.165) is 18.2 Å². The monoisotopic (exact) mass is 342 g/mol. The molecule has 2 aromatic carbocycles. The summed E-state index contributed by atoms with van der Waals surface area (Å²) in [5.74, 6) is -2.84. The smallest absolute Gasteiger partial charge is 0.157 e. The van der Waals surface area contributed by atoms with Gasteiger partial charge in [-0.05, 0) is 29.8 Å². The first-order valence-corrected chi connectivity index (χ1v) is 8.60. The molecule has 2 rings (SSSR count). The first-order chi connectivity index (χ1) is 10.8. The molecule has 0 spiro atoms. The summed E-state index contributed by atoms with van der Waals surface area (Å²) in [5.41, 5.74) is -0.174. The van der Waals surface area contributed by atoms with Crippen molar-refractivity contribution in [2.24, 2.45) is 0 Å². The second-order valence-corrected chi connectivity index (χ2v) is 7.16. The summed E-state index contributed by atoms with van der Waals surface area (Å²) in [5, 5.41) is 10.1. The molecule has 1 atom stereocenters. The Balaban J connectivity index is 2.17. The van der Waals surface area contributed by atoms with Gasteiger partial charge in [-0.2, -0.15) is 0 Å². The normalized spacial score (nSPS) is 12.9. The van der Waals surface area contributed by atoms with Gasteiger partial charge in [0, 0.05) is 5.56 Å². The van der Waals surface area contributed by atoms with Crippen molar-refractivity contribution in [3.05, 3.63) is 65.2 Å². The minimum absolute atomic E-state index is 0.349. The number of halogens is 2. The van der Waals surface area contributed by atoms with Gasteiger partial charge in [0.15, 0.2) is 9.84 Å². The van der Waals surface area contributed by atoms with E-state index in [1.165, 1.54) is 13.2 Å². The molecule has 0 bridgehead atoms. The van der Waals surface area contributed by atoms with Crippen LogP contribution in [0.2, 0.25) is 0 Å². The fourth-order valence-corrected chi connectivity index (χ4v) is 3.64. The second-order valence-electron chi connectivity index (χ2n) is 5.05. The van der Waals surface area contributed by atoms with Crippen LogP contribution in [0.5, 0.6) is 5.75 Å². The Labute approximate surface area is 133 Å². The van der Waals surface area contributed by atoms with Gasteiger partial charge < -0.3 is 9.84 Å². The van der Waals surface area contributed by atoms with E-state index in [2.05, 4.69) is 0 Å². The van der Waals surface area contributed by atoms with Crippen LogP contribution in [-0.2, 0) is 15.6 Å². The van der Waals surface area contributed by atoms with Gasteiger partial charge in [-0.15, -0.1) is 0 Å².